The minimum Gasteiger partial charge on any atom is -0.254 e. The summed E-state index contributed by atoms with van der Waals surface area (Å²) in [5, 5.41) is 0. The molecule has 2 nitrogen and oxygen atoms in total. The van der Waals surface area contributed by atoms with Gasteiger partial charge in [0, 0.05) is 0 Å². The van der Waals surface area contributed by atoms with Crippen LogP contribution in [-0.2, 0) is 11.3 Å². The molecular formula is C9H11BF3KO2. The van der Waals surface area contributed by atoms with Crippen molar-refractivity contribution in [2.24, 2.45) is 0 Å². The summed E-state index contributed by atoms with van der Waals surface area (Å²) in [7, 11) is -1.99. The van der Waals surface area contributed by atoms with E-state index in [1.807, 2.05) is 24.3 Å². The van der Waals surface area contributed by atoms with Crippen LogP contribution >= 0.6 is 0 Å². The zero-order valence-corrected chi connectivity index (χ0v) is 12.4. The van der Waals surface area contributed by atoms with E-state index >= 15 is 0 Å². The Hall–Kier alpha value is 0.471. The molecule has 0 N–H and O–H groups in total. The molecule has 1 rings (SSSR count). The molecule has 0 unspecified atom stereocenters. The predicted octanol–water partition coefficient (Wildman–Crippen LogP) is 2.22. The number of benzene rings is 1. The summed E-state index contributed by atoms with van der Waals surface area (Å²) in [6.07, 6.45) is 0. The van der Waals surface area contributed by atoms with E-state index in [0.29, 0.717) is 0 Å². The first kappa shape index (κ1) is 16.5. The van der Waals surface area contributed by atoms with Gasteiger partial charge in [-0.15, -0.1) is 0 Å². The first-order valence-electron chi connectivity index (χ1n) is 4.73. The maximum absolute atomic E-state index is 9.67. The SMILES string of the molecule is COc1ccc(CO[CH2][K])cc1.FB(F)F. The van der Waals surface area contributed by atoms with Gasteiger partial charge in [-0.05, 0) is 0 Å². The van der Waals surface area contributed by atoms with Crippen molar-refractivity contribution in [1.82, 2.24) is 0 Å². The summed E-state index contributed by atoms with van der Waals surface area (Å²) >= 11 is 0.791. The van der Waals surface area contributed by atoms with E-state index in [9.17, 15) is 12.9 Å². The summed E-state index contributed by atoms with van der Waals surface area (Å²) in [4.78, 5) is 0. The second-order valence-electron chi connectivity index (χ2n) is 2.73. The van der Waals surface area contributed by atoms with Crippen LogP contribution in [0.5, 0.6) is 5.75 Å². The first-order valence-corrected chi connectivity index (χ1v) is 6.93. The summed E-state index contributed by atoms with van der Waals surface area (Å²) in [5.74, 6) is 0.896. The molecule has 16 heavy (non-hydrogen) atoms. The summed E-state index contributed by atoms with van der Waals surface area (Å²) in [6.45, 7) is 0.728. The number of ether oxygens (including phenoxy) is 2. The molecule has 1 aromatic rings. The Morgan fingerprint density at radius 3 is 2.06 bits per heavy atom. The molecule has 0 radical (unpaired) electrons. The van der Waals surface area contributed by atoms with E-state index in [2.05, 4.69) is 0 Å². The molecule has 0 aromatic heterocycles. The van der Waals surface area contributed by atoms with Gasteiger partial charge in [-0.25, -0.2) is 0 Å². The minimum absolute atomic E-state index is 0.728. The largest absolute Gasteiger partial charge is 0.762 e. The van der Waals surface area contributed by atoms with Gasteiger partial charge in [0.2, 0.25) is 0 Å². The maximum atomic E-state index is 9.67. The van der Waals surface area contributed by atoms with Crippen molar-refractivity contribution in [3.63, 3.8) is 0 Å². The van der Waals surface area contributed by atoms with Crippen LogP contribution in [0.4, 0.5) is 12.9 Å². The van der Waals surface area contributed by atoms with E-state index in [1.54, 1.807) is 7.11 Å². The summed E-state index contributed by atoms with van der Waals surface area (Å²) < 4.78 is 40.3. The molecule has 7 heteroatoms. The minimum atomic E-state index is -3.67. The quantitative estimate of drug-likeness (QED) is 0.771. The smallest absolute Gasteiger partial charge is 0.254 e. The van der Waals surface area contributed by atoms with E-state index in [-0.39, 0.29) is 0 Å². The van der Waals surface area contributed by atoms with E-state index in [4.69, 9.17) is 9.47 Å². The number of halogens is 3. The van der Waals surface area contributed by atoms with Gasteiger partial charge in [0.15, 0.2) is 0 Å². The summed E-state index contributed by atoms with van der Waals surface area (Å²) in [6, 6.07) is 7.97. The van der Waals surface area contributed by atoms with Crippen LogP contribution in [0, 0.1) is 0 Å². The van der Waals surface area contributed by atoms with Gasteiger partial charge in [0.25, 0.3) is 0 Å². The normalized spacial score (nSPS) is 9.12. The Labute approximate surface area is 127 Å². The van der Waals surface area contributed by atoms with Crippen molar-refractivity contribution in [1.29, 1.82) is 0 Å². The molecule has 0 saturated heterocycles. The van der Waals surface area contributed by atoms with Crippen molar-refractivity contribution < 1.29 is 22.4 Å². The Morgan fingerprint density at radius 1 is 1.19 bits per heavy atom. The van der Waals surface area contributed by atoms with Crippen LogP contribution in [0.3, 0.4) is 0 Å². The standard InChI is InChI=1S/C9H11O2.BF3.K/c1-10-7-8-3-5-9(11-2)6-4-8;2-1(3)4;/h3-6H,1,7H2,2H3;;. The molecule has 0 heterocycles. The third-order valence-electron chi connectivity index (χ3n) is 1.63. The molecule has 0 atom stereocenters. The van der Waals surface area contributed by atoms with Gasteiger partial charge in [0.1, 0.15) is 0 Å². The second kappa shape index (κ2) is 10.6. The van der Waals surface area contributed by atoms with E-state index < -0.39 is 7.54 Å². The monoisotopic (exact) mass is 258 g/mol. The number of rotatable bonds is 4. The Kier molecular flexibility index (Phi) is 10.9. The zero-order chi connectivity index (χ0) is 12.4. The topological polar surface area (TPSA) is 18.5 Å². The second-order valence-corrected chi connectivity index (χ2v) is 3.63. The molecule has 0 aliphatic carbocycles. The van der Waals surface area contributed by atoms with Crippen molar-refractivity contribution in [3.8, 4) is 5.75 Å². The molecular weight excluding hydrogens is 247 g/mol. The molecule has 0 spiro atoms. The van der Waals surface area contributed by atoms with Gasteiger partial charge >= 0.3 is 116 Å². The molecule has 0 saturated carbocycles. The molecule has 1 aromatic carbocycles. The van der Waals surface area contributed by atoms with Crippen LogP contribution in [0.15, 0.2) is 24.3 Å². The average molecular weight is 258 g/mol. The Bertz CT molecular complexity index is 269. The van der Waals surface area contributed by atoms with Crippen LogP contribution in [-0.4, -0.2) is 64.3 Å². The molecule has 84 valence electrons. The zero-order valence-electron chi connectivity index (χ0n) is 9.25. The fourth-order valence-corrected chi connectivity index (χ4v) is 1.26. The van der Waals surface area contributed by atoms with Crippen LogP contribution < -0.4 is 4.74 Å². The number of methoxy groups -OCH3 is 1. The number of hydrogen-bond donors (Lipinski definition) is 0. The first-order chi connectivity index (χ1) is 7.60. The van der Waals surface area contributed by atoms with Gasteiger partial charge in [-0.1, -0.05) is 0 Å². The Balaban J connectivity index is 0.000000487. The Morgan fingerprint density at radius 2 is 1.69 bits per heavy atom. The maximum Gasteiger partial charge on any atom is 0.762 e. The van der Waals surface area contributed by atoms with Gasteiger partial charge in [-0.3, -0.25) is 12.9 Å². The van der Waals surface area contributed by atoms with Crippen LogP contribution in [0.1, 0.15) is 5.56 Å². The van der Waals surface area contributed by atoms with Crippen molar-refractivity contribution in [2.75, 3.05) is 7.81 Å². The molecule has 0 aliphatic heterocycles. The van der Waals surface area contributed by atoms with Crippen molar-refractivity contribution in [3.05, 3.63) is 29.8 Å². The molecule has 0 fully saturated rings. The average Bonchev–Trinajstić information content (AvgIpc) is 2.26. The van der Waals surface area contributed by atoms with Gasteiger partial charge in [0.05, 0.1) is 0 Å². The van der Waals surface area contributed by atoms with Gasteiger partial charge in [-0.2, -0.15) is 0 Å². The van der Waals surface area contributed by atoms with E-state index in [1.165, 1.54) is 5.56 Å². The van der Waals surface area contributed by atoms with Crippen LogP contribution in [0.25, 0.3) is 0 Å². The molecule has 0 bridgehead atoms. The molecule has 0 aliphatic rings. The van der Waals surface area contributed by atoms with E-state index in [0.717, 1.165) is 62.0 Å². The van der Waals surface area contributed by atoms with Crippen LogP contribution in [0.2, 0.25) is 0 Å². The third-order valence-corrected chi connectivity index (χ3v) is 2.27. The fourth-order valence-electron chi connectivity index (χ4n) is 0.942. The number of hydrogen-bond acceptors (Lipinski definition) is 2. The molecule has 0 amide bonds. The van der Waals surface area contributed by atoms with Crippen molar-refractivity contribution >= 4 is 56.5 Å². The van der Waals surface area contributed by atoms with Gasteiger partial charge < -0.3 is 0 Å². The predicted molar refractivity (Wildman–Crippen MR) is 57.5 cm³/mol. The third kappa shape index (κ3) is 9.68. The van der Waals surface area contributed by atoms with Crippen molar-refractivity contribution in [2.45, 2.75) is 6.61 Å². The fraction of sp³-hybridized carbons (Fsp3) is 0.333. The summed E-state index contributed by atoms with van der Waals surface area (Å²) in [5.41, 5.74) is 1.21.